The summed E-state index contributed by atoms with van der Waals surface area (Å²) < 4.78 is 5.21. The molecule has 2 aliphatic rings. The fourth-order valence-corrected chi connectivity index (χ4v) is 4.66. The van der Waals surface area contributed by atoms with Gasteiger partial charge in [-0.05, 0) is 43.2 Å². The third kappa shape index (κ3) is 3.04. The molecule has 1 amide bonds. The Labute approximate surface area is 139 Å². The minimum atomic E-state index is 0.116. The van der Waals surface area contributed by atoms with Gasteiger partial charge < -0.3 is 15.0 Å². The number of carbonyl (C=O) groups is 1. The van der Waals surface area contributed by atoms with Crippen molar-refractivity contribution in [3.05, 3.63) is 18.2 Å². The predicted octanol–water partition coefficient (Wildman–Crippen LogP) is 2.97. The Balaban J connectivity index is 1.34. The standard InChI is InChI=1S/C17H21N3O2S/c1-22-12-4-5-13-15(8-12)20-17(19-13)23-9-16(21)18-14-7-10-2-3-11(14)6-10/h4-5,8,10-11,14H,2-3,6-7,9H2,1H3,(H,18,21)(H,19,20)/t10-,11-,14+/m0/s1. The number of hydrogen-bond donors (Lipinski definition) is 2. The second-order valence-corrected chi connectivity index (χ2v) is 7.53. The Kier molecular flexibility index (Phi) is 3.93. The van der Waals surface area contributed by atoms with E-state index >= 15 is 0 Å². The molecule has 2 aromatic rings. The van der Waals surface area contributed by atoms with Gasteiger partial charge in [-0.2, -0.15) is 0 Å². The highest BCUT2D eigenvalue weighted by Gasteiger charge is 2.39. The van der Waals surface area contributed by atoms with Gasteiger partial charge in [-0.25, -0.2) is 4.98 Å². The van der Waals surface area contributed by atoms with Gasteiger partial charge in [0.25, 0.3) is 0 Å². The number of aromatic amines is 1. The first kappa shape index (κ1) is 14.9. The number of benzene rings is 1. The molecule has 0 saturated heterocycles. The van der Waals surface area contributed by atoms with Gasteiger partial charge in [-0.1, -0.05) is 18.2 Å². The van der Waals surface area contributed by atoms with Crippen LogP contribution in [-0.2, 0) is 4.79 Å². The first-order chi connectivity index (χ1) is 11.2. The molecule has 0 spiro atoms. The number of imidazole rings is 1. The van der Waals surface area contributed by atoms with Gasteiger partial charge in [-0.3, -0.25) is 4.79 Å². The lowest BCUT2D eigenvalue weighted by atomic mass is 9.95. The van der Waals surface area contributed by atoms with E-state index in [2.05, 4.69) is 15.3 Å². The van der Waals surface area contributed by atoms with Crippen LogP contribution in [-0.4, -0.2) is 34.8 Å². The van der Waals surface area contributed by atoms with Crippen LogP contribution < -0.4 is 10.1 Å². The van der Waals surface area contributed by atoms with Crippen LogP contribution in [0.1, 0.15) is 25.7 Å². The Morgan fingerprint density at radius 3 is 3.09 bits per heavy atom. The number of nitrogens with zero attached hydrogens (tertiary/aromatic N) is 1. The van der Waals surface area contributed by atoms with Crippen molar-refractivity contribution in [3.8, 4) is 5.75 Å². The quantitative estimate of drug-likeness (QED) is 0.827. The molecule has 5 nitrogen and oxygen atoms in total. The van der Waals surface area contributed by atoms with E-state index in [4.69, 9.17) is 4.74 Å². The molecular formula is C17H21N3O2S. The lowest BCUT2D eigenvalue weighted by Crippen LogP contribution is -2.39. The van der Waals surface area contributed by atoms with Gasteiger partial charge in [0.1, 0.15) is 5.75 Å². The summed E-state index contributed by atoms with van der Waals surface area (Å²) in [5.74, 6) is 2.89. The number of fused-ring (bicyclic) bond motifs is 3. The predicted molar refractivity (Wildman–Crippen MR) is 90.7 cm³/mol. The summed E-state index contributed by atoms with van der Waals surface area (Å²) in [6, 6.07) is 6.13. The van der Waals surface area contributed by atoms with Gasteiger partial charge >= 0.3 is 0 Å². The Hall–Kier alpha value is -1.69. The van der Waals surface area contributed by atoms with Crippen molar-refractivity contribution < 1.29 is 9.53 Å². The van der Waals surface area contributed by atoms with Crippen molar-refractivity contribution >= 4 is 28.7 Å². The van der Waals surface area contributed by atoms with Gasteiger partial charge in [-0.15, -0.1) is 0 Å². The summed E-state index contributed by atoms with van der Waals surface area (Å²) in [5.41, 5.74) is 1.82. The smallest absolute Gasteiger partial charge is 0.230 e. The molecule has 0 radical (unpaired) electrons. The van der Waals surface area contributed by atoms with E-state index in [1.54, 1.807) is 7.11 Å². The molecular weight excluding hydrogens is 310 g/mol. The number of ether oxygens (including phenoxy) is 1. The lowest BCUT2D eigenvalue weighted by Gasteiger charge is -2.22. The average Bonchev–Trinajstić information content (AvgIpc) is 3.26. The number of carbonyl (C=O) groups excluding carboxylic acids is 1. The zero-order valence-electron chi connectivity index (χ0n) is 13.2. The topological polar surface area (TPSA) is 67.0 Å². The van der Waals surface area contributed by atoms with E-state index in [9.17, 15) is 4.79 Å². The van der Waals surface area contributed by atoms with Gasteiger partial charge in [0.15, 0.2) is 5.16 Å². The van der Waals surface area contributed by atoms with E-state index in [1.807, 2.05) is 18.2 Å². The van der Waals surface area contributed by atoms with E-state index in [0.29, 0.717) is 17.7 Å². The van der Waals surface area contributed by atoms with Crippen LogP contribution in [0.15, 0.2) is 23.4 Å². The molecule has 1 aromatic carbocycles. The van der Waals surface area contributed by atoms with Crippen molar-refractivity contribution in [3.63, 3.8) is 0 Å². The molecule has 2 fully saturated rings. The molecule has 2 N–H and O–H groups in total. The normalized spacial score (nSPS) is 25.9. The van der Waals surface area contributed by atoms with Crippen LogP contribution >= 0.6 is 11.8 Å². The van der Waals surface area contributed by atoms with E-state index in [-0.39, 0.29) is 5.91 Å². The van der Waals surface area contributed by atoms with E-state index in [0.717, 1.165) is 27.9 Å². The number of aromatic nitrogens is 2. The molecule has 3 atom stereocenters. The molecule has 2 saturated carbocycles. The molecule has 0 unspecified atom stereocenters. The summed E-state index contributed by atoms with van der Waals surface area (Å²) in [5, 5.41) is 3.99. The van der Waals surface area contributed by atoms with Crippen LogP contribution in [0.4, 0.5) is 0 Å². The van der Waals surface area contributed by atoms with Crippen LogP contribution in [0.3, 0.4) is 0 Å². The zero-order valence-corrected chi connectivity index (χ0v) is 14.0. The van der Waals surface area contributed by atoms with Crippen molar-refractivity contribution in [2.45, 2.75) is 36.9 Å². The molecule has 1 aromatic heterocycles. The Morgan fingerprint density at radius 2 is 2.35 bits per heavy atom. The number of hydrogen-bond acceptors (Lipinski definition) is 4. The summed E-state index contributed by atoms with van der Waals surface area (Å²) in [4.78, 5) is 19.9. The van der Waals surface area contributed by atoms with Crippen LogP contribution in [0, 0.1) is 11.8 Å². The third-order valence-electron chi connectivity index (χ3n) is 5.09. The highest BCUT2D eigenvalue weighted by atomic mass is 32.2. The van der Waals surface area contributed by atoms with Crippen LogP contribution in [0.25, 0.3) is 11.0 Å². The van der Waals surface area contributed by atoms with E-state index < -0.39 is 0 Å². The summed E-state index contributed by atoms with van der Waals surface area (Å²) in [7, 11) is 1.65. The van der Waals surface area contributed by atoms with Crippen LogP contribution in [0.2, 0.25) is 0 Å². The fourth-order valence-electron chi connectivity index (χ4n) is 3.96. The number of H-pyrrole nitrogens is 1. The number of amides is 1. The fraction of sp³-hybridized carbons (Fsp3) is 0.529. The van der Waals surface area contributed by atoms with Crippen molar-refractivity contribution in [1.29, 1.82) is 0 Å². The molecule has 1 heterocycles. The van der Waals surface area contributed by atoms with Gasteiger partial charge in [0, 0.05) is 12.1 Å². The first-order valence-electron chi connectivity index (χ1n) is 8.17. The number of nitrogens with one attached hydrogen (secondary N) is 2. The summed E-state index contributed by atoms with van der Waals surface area (Å²) in [6.45, 7) is 0. The van der Waals surface area contributed by atoms with Crippen molar-refractivity contribution in [1.82, 2.24) is 15.3 Å². The highest BCUT2D eigenvalue weighted by Crippen LogP contribution is 2.44. The van der Waals surface area contributed by atoms with Crippen molar-refractivity contribution in [2.75, 3.05) is 12.9 Å². The second-order valence-electron chi connectivity index (χ2n) is 6.56. The molecule has 0 aliphatic heterocycles. The average molecular weight is 331 g/mol. The minimum Gasteiger partial charge on any atom is -0.497 e. The zero-order chi connectivity index (χ0) is 15.8. The molecule has 23 heavy (non-hydrogen) atoms. The van der Waals surface area contributed by atoms with Crippen LogP contribution in [0.5, 0.6) is 5.75 Å². The van der Waals surface area contributed by atoms with Gasteiger partial charge in [0.2, 0.25) is 5.91 Å². The third-order valence-corrected chi connectivity index (χ3v) is 5.97. The maximum absolute atomic E-state index is 12.2. The monoisotopic (exact) mass is 331 g/mol. The Morgan fingerprint density at radius 1 is 1.43 bits per heavy atom. The maximum Gasteiger partial charge on any atom is 0.230 e. The molecule has 2 aliphatic carbocycles. The SMILES string of the molecule is COc1ccc2nc(SCC(=O)N[C@@H]3C[C@H]4CC[C@H]3C4)[nH]c2c1. The maximum atomic E-state index is 12.2. The summed E-state index contributed by atoms with van der Waals surface area (Å²) in [6.07, 6.45) is 5.12. The molecule has 4 rings (SSSR count). The van der Waals surface area contributed by atoms with E-state index in [1.165, 1.54) is 37.4 Å². The molecule has 6 heteroatoms. The lowest BCUT2D eigenvalue weighted by molar-refractivity contribution is -0.119. The first-order valence-corrected chi connectivity index (χ1v) is 9.16. The Bertz CT molecular complexity index is 730. The largest absolute Gasteiger partial charge is 0.497 e. The minimum absolute atomic E-state index is 0.116. The van der Waals surface area contributed by atoms with Gasteiger partial charge in [0.05, 0.1) is 23.9 Å². The highest BCUT2D eigenvalue weighted by molar-refractivity contribution is 7.99. The second kappa shape index (κ2) is 6.07. The number of thioether (sulfide) groups is 1. The molecule has 2 bridgehead atoms. The number of methoxy groups -OCH3 is 1. The van der Waals surface area contributed by atoms with Crippen molar-refractivity contribution in [2.24, 2.45) is 11.8 Å². The summed E-state index contributed by atoms with van der Waals surface area (Å²) >= 11 is 1.45. The number of rotatable bonds is 5. The molecule has 122 valence electrons.